The number of benzene rings is 1. The van der Waals surface area contributed by atoms with Crippen molar-refractivity contribution in [2.75, 3.05) is 0 Å². The van der Waals surface area contributed by atoms with Crippen molar-refractivity contribution in [3.05, 3.63) is 36.4 Å². The molecule has 1 aromatic carbocycles. The molecule has 0 atom stereocenters. The molecule has 4 heteroatoms. The summed E-state index contributed by atoms with van der Waals surface area (Å²) >= 11 is 0. The third kappa shape index (κ3) is 1.37. The fourth-order valence-electron chi connectivity index (χ4n) is 1.16. The number of aldehydes is 1. The highest BCUT2D eigenvalue weighted by atomic mass is 16.3. The van der Waals surface area contributed by atoms with Crippen LogP contribution < -0.4 is 0 Å². The van der Waals surface area contributed by atoms with E-state index in [1.807, 2.05) is 0 Å². The SMILES string of the molecule is O=Cc1nc(-c2ccccc2O)co1. The summed E-state index contributed by atoms with van der Waals surface area (Å²) in [4.78, 5) is 14.2. The van der Waals surface area contributed by atoms with Crippen molar-refractivity contribution < 1.29 is 14.3 Å². The predicted molar refractivity (Wildman–Crippen MR) is 49.0 cm³/mol. The number of aromatic nitrogens is 1. The molecule has 1 heterocycles. The number of para-hydroxylation sites is 1. The Kier molecular flexibility index (Phi) is 2.02. The molecule has 0 radical (unpaired) electrons. The van der Waals surface area contributed by atoms with E-state index in [9.17, 15) is 9.90 Å². The Balaban J connectivity index is 2.49. The van der Waals surface area contributed by atoms with Gasteiger partial charge >= 0.3 is 0 Å². The second-order valence-corrected chi connectivity index (χ2v) is 2.71. The molecule has 4 nitrogen and oxygen atoms in total. The van der Waals surface area contributed by atoms with Gasteiger partial charge in [0, 0.05) is 5.56 Å². The summed E-state index contributed by atoms with van der Waals surface area (Å²) in [6, 6.07) is 6.72. The van der Waals surface area contributed by atoms with E-state index in [0.29, 0.717) is 17.5 Å². The van der Waals surface area contributed by atoms with Crippen LogP contribution in [-0.4, -0.2) is 16.4 Å². The Morgan fingerprint density at radius 1 is 1.36 bits per heavy atom. The van der Waals surface area contributed by atoms with E-state index in [1.54, 1.807) is 24.3 Å². The summed E-state index contributed by atoms with van der Waals surface area (Å²) in [7, 11) is 0. The number of phenols is 1. The van der Waals surface area contributed by atoms with Crippen LogP contribution in [0.2, 0.25) is 0 Å². The van der Waals surface area contributed by atoms with Gasteiger partial charge in [-0.15, -0.1) is 0 Å². The van der Waals surface area contributed by atoms with Gasteiger partial charge in [-0.1, -0.05) is 12.1 Å². The molecule has 0 amide bonds. The van der Waals surface area contributed by atoms with Crippen LogP contribution in [0.15, 0.2) is 34.9 Å². The summed E-state index contributed by atoms with van der Waals surface area (Å²) in [5.41, 5.74) is 0.995. The van der Waals surface area contributed by atoms with Crippen LogP contribution in [0.1, 0.15) is 10.7 Å². The fraction of sp³-hybridized carbons (Fsp3) is 0. The van der Waals surface area contributed by atoms with Gasteiger partial charge in [0.2, 0.25) is 6.29 Å². The van der Waals surface area contributed by atoms with E-state index in [4.69, 9.17) is 4.42 Å². The molecule has 0 fully saturated rings. The maximum atomic E-state index is 10.3. The number of oxazole rings is 1. The number of nitrogens with zero attached hydrogens (tertiary/aromatic N) is 1. The first-order chi connectivity index (χ1) is 6.81. The lowest BCUT2D eigenvalue weighted by Gasteiger charge is -1.97. The molecule has 1 N–H and O–H groups in total. The standard InChI is InChI=1S/C10H7NO3/c12-5-10-11-8(6-14-10)7-3-1-2-4-9(7)13/h1-6,13H. The first kappa shape index (κ1) is 8.50. The van der Waals surface area contributed by atoms with Crippen molar-refractivity contribution in [2.24, 2.45) is 0 Å². The Morgan fingerprint density at radius 3 is 2.79 bits per heavy atom. The highest BCUT2D eigenvalue weighted by Crippen LogP contribution is 2.27. The molecule has 0 saturated carbocycles. The maximum absolute atomic E-state index is 10.3. The van der Waals surface area contributed by atoms with E-state index >= 15 is 0 Å². The van der Waals surface area contributed by atoms with Crippen molar-refractivity contribution >= 4 is 6.29 Å². The van der Waals surface area contributed by atoms with Crippen molar-refractivity contribution in [2.45, 2.75) is 0 Å². The summed E-state index contributed by atoms with van der Waals surface area (Å²) in [5, 5.41) is 9.48. The van der Waals surface area contributed by atoms with Crippen LogP contribution in [0.4, 0.5) is 0 Å². The molecule has 0 aliphatic carbocycles. The monoisotopic (exact) mass is 189 g/mol. The zero-order chi connectivity index (χ0) is 9.97. The smallest absolute Gasteiger partial charge is 0.260 e. The highest BCUT2D eigenvalue weighted by Gasteiger charge is 2.08. The Labute approximate surface area is 79.8 Å². The first-order valence-corrected chi connectivity index (χ1v) is 4.00. The Hall–Kier alpha value is -2.10. The molecule has 0 saturated heterocycles. The van der Waals surface area contributed by atoms with E-state index in [0.717, 1.165) is 0 Å². The molecule has 0 aliphatic rings. The summed E-state index contributed by atoms with van der Waals surface area (Å²) in [6.45, 7) is 0. The van der Waals surface area contributed by atoms with Gasteiger partial charge in [-0.25, -0.2) is 4.98 Å². The predicted octanol–water partition coefficient (Wildman–Crippen LogP) is 1.86. The number of rotatable bonds is 2. The number of carbonyl (C=O) groups is 1. The third-order valence-corrected chi connectivity index (χ3v) is 1.80. The van der Waals surface area contributed by atoms with Crippen molar-refractivity contribution in [3.8, 4) is 17.0 Å². The largest absolute Gasteiger partial charge is 0.507 e. The van der Waals surface area contributed by atoms with Gasteiger partial charge in [0.1, 0.15) is 17.7 Å². The fourth-order valence-corrected chi connectivity index (χ4v) is 1.16. The normalized spacial score (nSPS) is 10.0. The summed E-state index contributed by atoms with van der Waals surface area (Å²) < 4.78 is 4.83. The molecule has 2 rings (SSSR count). The Bertz CT molecular complexity index is 462. The van der Waals surface area contributed by atoms with E-state index in [-0.39, 0.29) is 11.6 Å². The first-order valence-electron chi connectivity index (χ1n) is 4.00. The zero-order valence-electron chi connectivity index (χ0n) is 7.18. The average Bonchev–Trinajstić information content (AvgIpc) is 2.67. The molecule has 14 heavy (non-hydrogen) atoms. The van der Waals surface area contributed by atoms with Gasteiger partial charge in [-0.2, -0.15) is 0 Å². The number of hydrogen-bond acceptors (Lipinski definition) is 4. The van der Waals surface area contributed by atoms with Gasteiger partial charge in [-0.05, 0) is 12.1 Å². The second kappa shape index (κ2) is 3.33. The zero-order valence-corrected chi connectivity index (χ0v) is 7.18. The Morgan fingerprint density at radius 2 is 2.14 bits per heavy atom. The van der Waals surface area contributed by atoms with Gasteiger partial charge in [0.05, 0.1) is 0 Å². The van der Waals surface area contributed by atoms with Gasteiger partial charge in [-0.3, -0.25) is 4.79 Å². The summed E-state index contributed by atoms with van der Waals surface area (Å²) in [6.07, 6.45) is 1.85. The van der Waals surface area contributed by atoms with Crippen LogP contribution in [0.3, 0.4) is 0 Å². The molecular formula is C10H7NO3. The number of carbonyl (C=O) groups excluding carboxylic acids is 1. The second-order valence-electron chi connectivity index (χ2n) is 2.71. The highest BCUT2D eigenvalue weighted by molar-refractivity contribution is 5.72. The molecule has 0 aliphatic heterocycles. The quantitative estimate of drug-likeness (QED) is 0.732. The molecule has 0 unspecified atom stereocenters. The van der Waals surface area contributed by atoms with Gasteiger partial charge in [0.25, 0.3) is 5.89 Å². The number of aromatic hydroxyl groups is 1. The maximum Gasteiger partial charge on any atom is 0.260 e. The van der Waals surface area contributed by atoms with Crippen molar-refractivity contribution in [1.82, 2.24) is 4.98 Å². The molecule has 0 spiro atoms. The van der Waals surface area contributed by atoms with E-state index < -0.39 is 0 Å². The van der Waals surface area contributed by atoms with Gasteiger partial charge < -0.3 is 9.52 Å². The van der Waals surface area contributed by atoms with E-state index in [1.165, 1.54) is 6.26 Å². The molecule has 70 valence electrons. The molecule has 0 bridgehead atoms. The average molecular weight is 189 g/mol. The number of hydrogen-bond donors (Lipinski definition) is 1. The minimum Gasteiger partial charge on any atom is -0.507 e. The lowest BCUT2D eigenvalue weighted by atomic mass is 10.1. The van der Waals surface area contributed by atoms with Crippen LogP contribution >= 0.6 is 0 Å². The van der Waals surface area contributed by atoms with Crippen LogP contribution in [0.25, 0.3) is 11.3 Å². The van der Waals surface area contributed by atoms with Crippen molar-refractivity contribution in [1.29, 1.82) is 0 Å². The van der Waals surface area contributed by atoms with E-state index in [2.05, 4.69) is 4.98 Å². The minimum absolute atomic E-state index is 0.00301. The van der Waals surface area contributed by atoms with Crippen LogP contribution in [0.5, 0.6) is 5.75 Å². The molecular weight excluding hydrogens is 182 g/mol. The lowest BCUT2D eigenvalue weighted by Crippen LogP contribution is -1.81. The minimum atomic E-state index is 0.00301. The topological polar surface area (TPSA) is 63.3 Å². The van der Waals surface area contributed by atoms with Crippen molar-refractivity contribution in [3.63, 3.8) is 0 Å². The lowest BCUT2D eigenvalue weighted by molar-refractivity contribution is 0.109. The third-order valence-electron chi connectivity index (χ3n) is 1.80. The van der Waals surface area contributed by atoms with Crippen LogP contribution in [0, 0.1) is 0 Å². The molecule has 1 aromatic heterocycles. The summed E-state index contributed by atoms with van der Waals surface area (Å²) in [5.74, 6) is 0.113. The van der Waals surface area contributed by atoms with Gasteiger partial charge in [0.15, 0.2) is 0 Å². The number of phenolic OH excluding ortho intramolecular Hbond substituents is 1. The molecule has 2 aromatic rings. The van der Waals surface area contributed by atoms with Crippen LogP contribution in [-0.2, 0) is 0 Å².